The molecule has 3 heteroatoms. The molecule has 2 aromatic carbocycles. The van der Waals surface area contributed by atoms with E-state index in [-0.39, 0.29) is 0 Å². The lowest BCUT2D eigenvalue weighted by Gasteiger charge is -2.28. The van der Waals surface area contributed by atoms with Crippen LogP contribution in [0, 0.1) is 0 Å². The molecule has 0 bridgehead atoms. The summed E-state index contributed by atoms with van der Waals surface area (Å²) in [4.78, 5) is 0. The van der Waals surface area contributed by atoms with Crippen LogP contribution >= 0.6 is 15.9 Å². The van der Waals surface area contributed by atoms with Gasteiger partial charge in [0.15, 0.2) is 0 Å². The first-order valence-electron chi connectivity index (χ1n) is 5.39. The number of ether oxygens (including phenoxy) is 1. The Morgan fingerprint density at radius 2 is 1.94 bits per heavy atom. The van der Waals surface area contributed by atoms with Gasteiger partial charge < -0.3 is 10.1 Å². The molecule has 2 nitrogen and oxygen atoms in total. The number of benzene rings is 2. The van der Waals surface area contributed by atoms with Crippen LogP contribution in [-0.2, 0) is 0 Å². The van der Waals surface area contributed by atoms with Gasteiger partial charge in [0.25, 0.3) is 0 Å². The van der Waals surface area contributed by atoms with Gasteiger partial charge >= 0.3 is 0 Å². The van der Waals surface area contributed by atoms with Crippen molar-refractivity contribution in [3.05, 3.63) is 40.9 Å². The number of rotatable bonds is 2. The minimum atomic E-state index is 0.317. The van der Waals surface area contributed by atoms with Crippen LogP contribution in [0.5, 0.6) is 5.75 Å². The fourth-order valence-electron chi connectivity index (χ4n) is 1.83. The molecule has 1 aliphatic heterocycles. The molecule has 0 spiro atoms. The van der Waals surface area contributed by atoms with Gasteiger partial charge in [-0.2, -0.15) is 0 Å². The smallest absolute Gasteiger partial charge is 0.134 e. The highest BCUT2D eigenvalue weighted by molar-refractivity contribution is 9.10. The lowest BCUT2D eigenvalue weighted by molar-refractivity contribution is 0.141. The number of nitrogens with one attached hydrogen (secondary N) is 1. The van der Waals surface area contributed by atoms with E-state index in [9.17, 15) is 0 Å². The normalized spacial score (nSPS) is 16.1. The molecule has 0 amide bonds. The molecule has 1 N–H and O–H groups in total. The minimum Gasteiger partial charge on any atom is -0.487 e. The summed E-state index contributed by atoms with van der Waals surface area (Å²) in [6.45, 7) is 1.89. The Morgan fingerprint density at radius 3 is 2.69 bits per heavy atom. The van der Waals surface area contributed by atoms with E-state index in [2.05, 4.69) is 39.4 Å². The van der Waals surface area contributed by atoms with Crippen LogP contribution in [-0.4, -0.2) is 19.2 Å². The standard InChI is InChI=1S/C13H12BrNO/c14-13-11-4-2-1-3-9(11)5-6-12(13)16-10-7-15-8-10/h1-6,10,15H,7-8H2. The number of hydrogen-bond donors (Lipinski definition) is 1. The van der Waals surface area contributed by atoms with E-state index in [1.807, 2.05) is 18.2 Å². The van der Waals surface area contributed by atoms with E-state index in [1.54, 1.807) is 0 Å². The number of halogens is 1. The van der Waals surface area contributed by atoms with Crippen LogP contribution in [0.4, 0.5) is 0 Å². The summed E-state index contributed by atoms with van der Waals surface area (Å²) in [5, 5.41) is 5.63. The molecule has 2 aromatic rings. The maximum absolute atomic E-state index is 5.88. The van der Waals surface area contributed by atoms with Crippen molar-refractivity contribution in [1.82, 2.24) is 5.32 Å². The Hall–Kier alpha value is -1.06. The van der Waals surface area contributed by atoms with Crippen molar-refractivity contribution in [2.24, 2.45) is 0 Å². The molecular formula is C13H12BrNO. The SMILES string of the molecule is Brc1c(OC2CNC2)ccc2ccccc12. The van der Waals surface area contributed by atoms with Crippen molar-refractivity contribution in [3.8, 4) is 5.75 Å². The molecule has 16 heavy (non-hydrogen) atoms. The van der Waals surface area contributed by atoms with E-state index < -0.39 is 0 Å². The average molecular weight is 278 g/mol. The molecular weight excluding hydrogens is 266 g/mol. The fraction of sp³-hybridized carbons (Fsp3) is 0.231. The van der Waals surface area contributed by atoms with Crippen molar-refractivity contribution in [2.75, 3.05) is 13.1 Å². The minimum absolute atomic E-state index is 0.317. The number of fused-ring (bicyclic) bond motifs is 1. The summed E-state index contributed by atoms with van der Waals surface area (Å²) in [6, 6.07) is 12.4. The Labute approximate surface area is 103 Å². The molecule has 1 aliphatic rings. The van der Waals surface area contributed by atoms with Crippen molar-refractivity contribution >= 4 is 26.7 Å². The fourth-order valence-corrected chi connectivity index (χ4v) is 2.42. The van der Waals surface area contributed by atoms with Crippen LogP contribution in [0.3, 0.4) is 0 Å². The molecule has 0 radical (unpaired) electrons. The van der Waals surface area contributed by atoms with Crippen molar-refractivity contribution in [2.45, 2.75) is 6.10 Å². The third-order valence-corrected chi connectivity index (χ3v) is 3.68. The summed E-state index contributed by atoms with van der Waals surface area (Å²) in [5.74, 6) is 0.935. The topological polar surface area (TPSA) is 21.3 Å². The molecule has 0 saturated carbocycles. The van der Waals surface area contributed by atoms with Crippen LogP contribution in [0.2, 0.25) is 0 Å². The zero-order chi connectivity index (χ0) is 11.0. The second-order valence-electron chi connectivity index (χ2n) is 4.00. The molecule has 0 aromatic heterocycles. The second-order valence-corrected chi connectivity index (χ2v) is 4.79. The van der Waals surface area contributed by atoms with E-state index in [0.717, 1.165) is 23.3 Å². The molecule has 3 rings (SSSR count). The highest BCUT2D eigenvalue weighted by Gasteiger charge is 2.19. The van der Waals surface area contributed by atoms with Gasteiger partial charge in [-0.25, -0.2) is 0 Å². The summed E-state index contributed by atoms with van der Waals surface area (Å²) >= 11 is 3.62. The maximum atomic E-state index is 5.88. The molecule has 82 valence electrons. The molecule has 1 heterocycles. The molecule has 1 fully saturated rings. The summed E-state index contributed by atoms with van der Waals surface area (Å²) in [5.41, 5.74) is 0. The Kier molecular flexibility index (Phi) is 2.58. The third-order valence-electron chi connectivity index (χ3n) is 2.87. The monoisotopic (exact) mass is 277 g/mol. The van der Waals surface area contributed by atoms with Gasteiger partial charge in [-0.05, 0) is 32.8 Å². The van der Waals surface area contributed by atoms with Crippen molar-refractivity contribution < 1.29 is 4.74 Å². The van der Waals surface area contributed by atoms with Gasteiger partial charge in [-0.1, -0.05) is 30.3 Å². The second kappa shape index (κ2) is 4.07. The zero-order valence-corrected chi connectivity index (χ0v) is 10.3. The predicted octanol–water partition coefficient (Wildman–Crippen LogP) is 2.95. The van der Waals surface area contributed by atoms with E-state index >= 15 is 0 Å². The first-order chi connectivity index (χ1) is 7.84. The van der Waals surface area contributed by atoms with Gasteiger partial charge in [0.1, 0.15) is 11.9 Å². The van der Waals surface area contributed by atoms with Gasteiger partial charge in [0.05, 0.1) is 4.47 Å². The highest BCUT2D eigenvalue weighted by atomic mass is 79.9. The number of hydrogen-bond acceptors (Lipinski definition) is 2. The van der Waals surface area contributed by atoms with Gasteiger partial charge in [0, 0.05) is 13.1 Å². The maximum Gasteiger partial charge on any atom is 0.134 e. The summed E-state index contributed by atoms with van der Waals surface area (Å²) in [6.07, 6.45) is 0.317. The first-order valence-corrected chi connectivity index (χ1v) is 6.18. The van der Waals surface area contributed by atoms with Gasteiger partial charge in [-0.15, -0.1) is 0 Å². The highest BCUT2D eigenvalue weighted by Crippen LogP contribution is 2.33. The predicted molar refractivity (Wildman–Crippen MR) is 68.9 cm³/mol. The molecule has 0 aliphatic carbocycles. The Morgan fingerprint density at radius 1 is 1.12 bits per heavy atom. The lowest BCUT2D eigenvalue weighted by Crippen LogP contribution is -2.50. The average Bonchev–Trinajstić information content (AvgIpc) is 2.26. The summed E-state index contributed by atoms with van der Waals surface area (Å²) < 4.78 is 6.93. The third kappa shape index (κ3) is 1.70. The molecule has 0 atom stereocenters. The van der Waals surface area contributed by atoms with Crippen LogP contribution in [0.15, 0.2) is 40.9 Å². The van der Waals surface area contributed by atoms with Crippen LogP contribution < -0.4 is 10.1 Å². The first kappa shape index (κ1) is 10.1. The Bertz CT molecular complexity index is 522. The lowest BCUT2D eigenvalue weighted by atomic mass is 10.1. The van der Waals surface area contributed by atoms with Crippen molar-refractivity contribution in [3.63, 3.8) is 0 Å². The van der Waals surface area contributed by atoms with Crippen LogP contribution in [0.25, 0.3) is 10.8 Å². The zero-order valence-electron chi connectivity index (χ0n) is 8.74. The molecule has 0 unspecified atom stereocenters. The van der Waals surface area contributed by atoms with Crippen LogP contribution in [0.1, 0.15) is 0 Å². The molecule has 1 saturated heterocycles. The van der Waals surface area contributed by atoms with E-state index in [1.165, 1.54) is 10.8 Å². The largest absolute Gasteiger partial charge is 0.487 e. The Balaban J connectivity index is 2.01. The van der Waals surface area contributed by atoms with Gasteiger partial charge in [-0.3, -0.25) is 0 Å². The van der Waals surface area contributed by atoms with E-state index in [0.29, 0.717) is 6.10 Å². The van der Waals surface area contributed by atoms with Crippen molar-refractivity contribution in [1.29, 1.82) is 0 Å². The van der Waals surface area contributed by atoms with Gasteiger partial charge in [0.2, 0.25) is 0 Å². The quantitative estimate of drug-likeness (QED) is 0.912. The van der Waals surface area contributed by atoms with E-state index in [4.69, 9.17) is 4.74 Å². The summed E-state index contributed by atoms with van der Waals surface area (Å²) in [7, 11) is 0.